The number of nitrogens with one attached hydrogen (secondary N) is 2. The number of hydrogen-bond acceptors (Lipinski definition) is 3. The van der Waals surface area contributed by atoms with Gasteiger partial charge in [-0.25, -0.2) is 0 Å². The Morgan fingerprint density at radius 1 is 1.32 bits per heavy atom. The SMILES string of the molecule is Cc1n[nH]c(C)c1C1CCCN1C(=O)[C@H]1CCN[C@@H](C)C1.Cl. The minimum Gasteiger partial charge on any atom is -0.335 e. The molecule has 3 heterocycles. The van der Waals surface area contributed by atoms with Gasteiger partial charge in [-0.05, 0) is 53.0 Å². The monoisotopic (exact) mass is 326 g/mol. The molecule has 1 unspecified atom stereocenters. The number of amides is 1. The van der Waals surface area contributed by atoms with Crippen LogP contribution in [0.2, 0.25) is 0 Å². The lowest BCUT2D eigenvalue weighted by molar-refractivity contribution is -0.137. The van der Waals surface area contributed by atoms with Gasteiger partial charge in [0.15, 0.2) is 0 Å². The first-order valence-electron chi connectivity index (χ1n) is 8.13. The molecular formula is C16H27ClN4O. The number of aromatic nitrogens is 2. The van der Waals surface area contributed by atoms with Crippen LogP contribution in [0.15, 0.2) is 0 Å². The number of nitrogens with zero attached hydrogens (tertiary/aromatic N) is 2. The van der Waals surface area contributed by atoms with E-state index in [4.69, 9.17) is 0 Å². The summed E-state index contributed by atoms with van der Waals surface area (Å²) in [5, 5.41) is 10.8. The Hall–Kier alpha value is -1.07. The van der Waals surface area contributed by atoms with Gasteiger partial charge in [0, 0.05) is 29.8 Å². The Balaban J connectivity index is 0.00000176. The maximum atomic E-state index is 12.9. The number of aromatic amines is 1. The first-order valence-corrected chi connectivity index (χ1v) is 8.13. The summed E-state index contributed by atoms with van der Waals surface area (Å²) < 4.78 is 0. The van der Waals surface area contributed by atoms with Gasteiger partial charge in [0.2, 0.25) is 5.91 Å². The van der Waals surface area contributed by atoms with Gasteiger partial charge in [0.1, 0.15) is 0 Å². The first kappa shape index (κ1) is 17.3. The third-order valence-electron chi connectivity index (χ3n) is 5.03. The minimum absolute atomic E-state index is 0. The van der Waals surface area contributed by atoms with E-state index < -0.39 is 0 Å². The molecular weight excluding hydrogens is 300 g/mol. The maximum Gasteiger partial charge on any atom is 0.226 e. The molecule has 1 aromatic rings. The minimum atomic E-state index is 0. The number of aryl methyl sites for hydroxylation is 2. The van der Waals surface area contributed by atoms with Gasteiger partial charge in [0.25, 0.3) is 0 Å². The molecule has 22 heavy (non-hydrogen) atoms. The zero-order chi connectivity index (χ0) is 15.0. The summed E-state index contributed by atoms with van der Waals surface area (Å²) in [5.41, 5.74) is 3.38. The van der Waals surface area contributed by atoms with Gasteiger partial charge in [-0.3, -0.25) is 9.89 Å². The van der Waals surface area contributed by atoms with Crippen molar-refractivity contribution in [2.75, 3.05) is 13.1 Å². The molecule has 2 saturated heterocycles. The highest BCUT2D eigenvalue weighted by molar-refractivity contribution is 5.85. The molecule has 0 aromatic carbocycles. The van der Waals surface area contributed by atoms with Gasteiger partial charge in [0.05, 0.1) is 11.7 Å². The molecule has 6 heteroatoms. The number of H-pyrrole nitrogens is 1. The summed E-state index contributed by atoms with van der Waals surface area (Å²) in [7, 11) is 0. The topological polar surface area (TPSA) is 61.0 Å². The number of likely N-dealkylation sites (tertiary alicyclic amines) is 1. The van der Waals surface area contributed by atoms with E-state index in [0.29, 0.717) is 11.9 Å². The molecule has 0 aliphatic carbocycles. The standard InChI is InChI=1S/C16H26N4O.ClH/c1-10-9-13(6-7-17-10)16(21)20-8-4-5-14(20)15-11(2)18-19-12(15)3;/h10,13-14,17H,4-9H2,1-3H3,(H,18,19);1H/t10-,13-,14?;/m0./s1. The van der Waals surface area contributed by atoms with E-state index in [0.717, 1.165) is 50.2 Å². The highest BCUT2D eigenvalue weighted by Gasteiger charge is 2.37. The van der Waals surface area contributed by atoms with Crippen molar-refractivity contribution in [3.05, 3.63) is 17.0 Å². The Morgan fingerprint density at radius 3 is 2.73 bits per heavy atom. The van der Waals surface area contributed by atoms with Crippen molar-refractivity contribution in [3.63, 3.8) is 0 Å². The highest BCUT2D eigenvalue weighted by atomic mass is 35.5. The Morgan fingerprint density at radius 2 is 2.09 bits per heavy atom. The fraction of sp³-hybridized carbons (Fsp3) is 0.750. The molecule has 0 saturated carbocycles. The van der Waals surface area contributed by atoms with Gasteiger partial charge in [-0.2, -0.15) is 5.10 Å². The van der Waals surface area contributed by atoms with E-state index in [2.05, 4.69) is 34.3 Å². The predicted molar refractivity (Wildman–Crippen MR) is 89.2 cm³/mol. The van der Waals surface area contributed by atoms with E-state index in [1.165, 1.54) is 5.56 Å². The van der Waals surface area contributed by atoms with E-state index in [9.17, 15) is 4.79 Å². The smallest absolute Gasteiger partial charge is 0.226 e. The van der Waals surface area contributed by atoms with Crippen LogP contribution in [-0.4, -0.2) is 40.1 Å². The Kier molecular flexibility index (Phi) is 5.50. The average Bonchev–Trinajstić information content (AvgIpc) is 3.05. The van der Waals surface area contributed by atoms with Crippen molar-refractivity contribution in [1.29, 1.82) is 0 Å². The van der Waals surface area contributed by atoms with Crippen LogP contribution in [-0.2, 0) is 4.79 Å². The summed E-state index contributed by atoms with van der Waals surface area (Å²) in [6, 6.07) is 0.674. The van der Waals surface area contributed by atoms with Crippen LogP contribution in [0.1, 0.15) is 55.6 Å². The molecule has 0 bridgehead atoms. The van der Waals surface area contributed by atoms with Crippen molar-refractivity contribution in [2.24, 2.45) is 5.92 Å². The second-order valence-electron chi connectivity index (χ2n) is 6.61. The lowest BCUT2D eigenvalue weighted by atomic mass is 9.91. The van der Waals surface area contributed by atoms with Gasteiger partial charge in [-0.1, -0.05) is 0 Å². The van der Waals surface area contributed by atoms with E-state index in [1.54, 1.807) is 0 Å². The second kappa shape index (κ2) is 7.01. The van der Waals surface area contributed by atoms with Crippen LogP contribution in [0.4, 0.5) is 0 Å². The fourth-order valence-electron chi connectivity index (χ4n) is 3.97. The van der Waals surface area contributed by atoms with Gasteiger partial charge >= 0.3 is 0 Å². The average molecular weight is 327 g/mol. The van der Waals surface area contributed by atoms with Gasteiger partial charge < -0.3 is 10.2 Å². The predicted octanol–water partition coefficient (Wildman–Crippen LogP) is 2.50. The molecule has 0 radical (unpaired) electrons. The number of halogens is 1. The Bertz CT molecular complexity index is 511. The van der Waals surface area contributed by atoms with E-state index in [-0.39, 0.29) is 24.4 Å². The molecule has 2 aliphatic rings. The molecule has 0 spiro atoms. The number of carbonyl (C=O) groups is 1. The highest BCUT2D eigenvalue weighted by Crippen LogP contribution is 2.36. The number of hydrogen-bond donors (Lipinski definition) is 2. The normalized spacial score (nSPS) is 28.5. The van der Waals surface area contributed by atoms with Crippen LogP contribution in [0.5, 0.6) is 0 Å². The van der Waals surface area contributed by atoms with Crippen molar-refractivity contribution >= 4 is 18.3 Å². The number of rotatable bonds is 2. The molecule has 1 aromatic heterocycles. The van der Waals surface area contributed by atoms with Crippen LogP contribution in [0, 0.1) is 19.8 Å². The molecule has 2 aliphatic heterocycles. The summed E-state index contributed by atoms with van der Waals surface area (Å²) in [6.07, 6.45) is 4.09. The molecule has 3 atom stereocenters. The van der Waals surface area contributed by atoms with Gasteiger partial charge in [-0.15, -0.1) is 12.4 Å². The zero-order valence-corrected chi connectivity index (χ0v) is 14.5. The second-order valence-corrected chi connectivity index (χ2v) is 6.61. The molecule has 3 rings (SSSR count). The third kappa shape index (κ3) is 3.15. The molecule has 1 amide bonds. The van der Waals surface area contributed by atoms with Crippen LogP contribution >= 0.6 is 12.4 Å². The van der Waals surface area contributed by atoms with E-state index >= 15 is 0 Å². The largest absolute Gasteiger partial charge is 0.335 e. The molecule has 124 valence electrons. The lowest BCUT2D eigenvalue weighted by Crippen LogP contribution is -2.44. The summed E-state index contributed by atoms with van der Waals surface area (Å²) >= 11 is 0. The number of carbonyl (C=O) groups excluding carboxylic acids is 1. The van der Waals surface area contributed by atoms with Crippen LogP contribution in [0.3, 0.4) is 0 Å². The maximum absolute atomic E-state index is 12.9. The quantitative estimate of drug-likeness (QED) is 0.877. The third-order valence-corrected chi connectivity index (χ3v) is 5.03. The summed E-state index contributed by atoms with van der Waals surface area (Å²) in [4.78, 5) is 15.1. The van der Waals surface area contributed by atoms with Crippen molar-refractivity contribution in [2.45, 2.75) is 58.5 Å². The molecule has 2 N–H and O–H groups in total. The Labute approximate surface area is 138 Å². The van der Waals surface area contributed by atoms with Crippen LogP contribution in [0.25, 0.3) is 0 Å². The van der Waals surface area contributed by atoms with Crippen molar-refractivity contribution in [3.8, 4) is 0 Å². The summed E-state index contributed by atoms with van der Waals surface area (Å²) in [5.74, 6) is 0.542. The van der Waals surface area contributed by atoms with Crippen molar-refractivity contribution < 1.29 is 4.79 Å². The van der Waals surface area contributed by atoms with Crippen LogP contribution < -0.4 is 5.32 Å². The van der Waals surface area contributed by atoms with E-state index in [1.807, 2.05) is 6.92 Å². The molecule has 2 fully saturated rings. The summed E-state index contributed by atoms with van der Waals surface area (Å²) in [6.45, 7) is 8.12. The fourth-order valence-corrected chi connectivity index (χ4v) is 3.97. The first-order chi connectivity index (χ1) is 10.1. The molecule has 5 nitrogen and oxygen atoms in total. The van der Waals surface area contributed by atoms with Crippen molar-refractivity contribution in [1.82, 2.24) is 20.4 Å². The zero-order valence-electron chi connectivity index (χ0n) is 13.7. The number of piperidine rings is 1. The lowest BCUT2D eigenvalue weighted by Gasteiger charge is -2.33.